The van der Waals surface area contributed by atoms with Gasteiger partial charge in [0.25, 0.3) is 0 Å². The zero-order chi connectivity index (χ0) is 15.7. The maximum absolute atomic E-state index is 12.3. The fourth-order valence-electron chi connectivity index (χ4n) is 2.42. The number of benzene rings is 2. The van der Waals surface area contributed by atoms with E-state index >= 15 is 0 Å². The first-order chi connectivity index (χ1) is 10.6. The summed E-state index contributed by atoms with van der Waals surface area (Å²) < 4.78 is 10.8. The van der Waals surface area contributed by atoms with Crippen molar-refractivity contribution < 1.29 is 14.3 Å². The fraction of sp³-hybridized carbons (Fsp3) is 0.211. The van der Waals surface area contributed by atoms with Crippen LogP contribution in [0.15, 0.2) is 48.2 Å². The monoisotopic (exact) mass is 294 g/mol. The second-order valence-corrected chi connectivity index (χ2v) is 5.62. The van der Waals surface area contributed by atoms with E-state index in [-0.39, 0.29) is 5.78 Å². The molecule has 0 aliphatic carbocycles. The van der Waals surface area contributed by atoms with Crippen molar-refractivity contribution in [2.24, 2.45) is 0 Å². The Morgan fingerprint density at radius 1 is 1.09 bits per heavy atom. The van der Waals surface area contributed by atoms with Crippen LogP contribution in [0.1, 0.15) is 41.3 Å². The van der Waals surface area contributed by atoms with Crippen molar-refractivity contribution in [3.05, 3.63) is 64.9 Å². The van der Waals surface area contributed by atoms with Crippen molar-refractivity contribution in [1.29, 1.82) is 0 Å². The SMILES string of the molecule is COc1ccc2c(c1)OC(=Cc1ccc(C(C)C)cc1)C2=O. The third-order valence-corrected chi connectivity index (χ3v) is 3.78. The van der Waals surface area contributed by atoms with E-state index in [1.807, 2.05) is 12.1 Å². The topological polar surface area (TPSA) is 35.5 Å². The van der Waals surface area contributed by atoms with E-state index in [0.29, 0.717) is 28.7 Å². The summed E-state index contributed by atoms with van der Waals surface area (Å²) in [6.45, 7) is 4.31. The van der Waals surface area contributed by atoms with Crippen LogP contribution in [0, 0.1) is 0 Å². The first-order valence-corrected chi connectivity index (χ1v) is 7.30. The largest absolute Gasteiger partial charge is 0.497 e. The van der Waals surface area contributed by atoms with Crippen LogP contribution in [-0.4, -0.2) is 12.9 Å². The summed E-state index contributed by atoms with van der Waals surface area (Å²) in [4.78, 5) is 12.3. The Hall–Kier alpha value is -2.55. The number of carbonyl (C=O) groups excluding carboxylic acids is 1. The third-order valence-electron chi connectivity index (χ3n) is 3.78. The number of ether oxygens (including phenoxy) is 2. The van der Waals surface area contributed by atoms with Crippen LogP contribution in [0.3, 0.4) is 0 Å². The smallest absolute Gasteiger partial charge is 0.231 e. The second-order valence-electron chi connectivity index (χ2n) is 5.62. The predicted molar refractivity (Wildman–Crippen MR) is 86.5 cm³/mol. The van der Waals surface area contributed by atoms with Crippen molar-refractivity contribution in [2.45, 2.75) is 19.8 Å². The van der Waals surface area contributed by atoms with Gasteiger partial charge >= 0.3 is 0 Å². The van der Waals surface area contributed by atoms with E-state index in [4.69, 9.17) is 9.47 Å². The summed E-state index contributed by atoms with van der Waals surface area (Å²) in [5.74, 6) is 1.97. The van der Waals surface area contributed by atoms with E-state index in [1.165, 1.54) is 5.56 Å². The molecule has 3 rings (SSSR count). The maximum Gasteiger partial charge on any atom is 0.231 e. The molecular formula is C19H18O3. The zero-order valence-electron chi connectivity index (χ0n) is 12.9. The number of carbonyl (C=O) groups is 1. The molecule has 0 saturated heterocycles. The minimum Gasteiger partial charge on any atom is -0.497 e. The van der Waals surface area contributed by atoms with Crippen molar-refractivity contribution >= 4 is 11.9 Å². The molecule has 3 heteroatoms. The summed E-state index contributed by atoms with van der Waals surface area (Å²) >= 11 is 0. The average molecular weight is 294 g/mol. The molecule has 22 heavy (non-hydrogen) atoms. The summed E-state index contributed by atoms with van der Waals surface area (Å²) in [7, 11) is 1.59. The Bertz CT molecular complexity index is 740. The molecule has 0 N–H and O–H groups in total. The molecule has 1 heterocycles. The zero-order valence-corrected chi connectivity index (χ0v) is 12.9. The van der Waals surface area contributed by atoms with Gasteiger partial charge in [0.05, 0.1) is 12.7 Å². The van der Waals surface area contributed by atoms with Crippen molar-refractivity contribution in [2.75, 3.05) is 7.11 Å². The summed E-state index contributed by atoms with van der Waals surface area (Å²) in [6, 6.07) is 13.4. The summed E-state index contributed by atoms with van der Waals surface area (Å²) in [6.07, 6.45) is 1.78. The number of ketones is 1. The first-order valence-electron chi connectivity index (χ1n) is 7.30. The van der Waals surface area contributed by atoms with Gasteiger partial charge in [0.1, 0.15) is 11.5 Å². The van der Waals surface area contributed by atoms with E-state index in [0.717, 1.165) is 5.56 Å². The Morgan fingerprint density at radius 2 is 1.82 bits per heavy atom. The van der Waals surface area contributed by atoms with E-state index in [2.05, 4.69) is 26.0 Å². The maximum atomic E-state index is 12.3. The number of fused-ring (bicyclic) bond motifs is 1. The van der Waals surface area contributed by atoms with Crippen molar-refractivity contribution in [3.8, 4) is 11.5 Å². The highest BCUT2D eigenvalue weighted by Crippen LogP contribution is 2.34. The lowest BCUT2D eigenvalue weighted by Gasteiger charge is -2.05. The van der Waals surface area contributed by atoms with Crippen LogP contribution in [0.5, 0.6) is 11.5 Å². The van der Waals surface area contributed by atoms with Gasteiger partial charge < -0.3 is 9.47 Å². The normalized spacial score (nSPS) is 15.1. The lowest BCUT2D eigenvalue weighted by atomic mass is 10.0. The molecule has 2 aromatic carbocycles. The highest BCUT2D eigenvalue weighted by molar-refractivity contribution is 6.14. The number of Topliss-reactive ketones (excluding diaryl/α,β-unsaturated/α-hetero) is 1. The highest BCUT2D eigenvalue weighted by Gasteiger charge is 2.27. The van der Waals surface area contributed by atoms with Crippen LogP contribution >= 0.6 is 0 Å². The van der Waals surface area contributed by atoms with Crippen molar-refractivity contribution in [1.82, 2.24) is 0 Å². The molecule has 2 aromatic rings. The van der Waals surface area contributed by atoms with Crippen molar-refractivity contribution in [3.63, 3.8) is 0 Å². The molecular weight excluding hydrogens is 276 g/mol. The molecule has 0 saturated carbocycles. The molecule has 0 spiro atoms. The standard InChI is InChI=1S/C19H18O3/c1-12(2)14-6-4-13(5-7-14)10-18-19(20)16-9-8-15(21-3)11-17(16)22-18/h4-12H,1-3H3. The lowest BCUT2D eigenvalue weighted by Crippen LogP contribution is -1.98. The molecule has 0 amide bonds. The number of rotatable bonds is 3. The number of methoxy groups -OCH3 is 1. The van der Waals surface area contributed by atoms with Gasteiger partial charge in [-0.25, -0.2) is 0 Å². The molecule has 0 bridgehead atoms. The quantitative estimate of drug-likeness (QED) is 0.785. The van der Waals surface area contributed by atoms with Gasteiger partial charge in [0, 0.05) is 6.07 Å². The molecule has 0 atom stereocenters. The minimum absolute atomic E-state index is 0.0920. The minimum atomic E-state index is -0.0920. The molecule has 112 valence electrons. The van der Waals surface area contributed by atoms with Crippen LogP contribution in [0.2, 0.25) is 0 Å². The number of hydrogen-bond acceptors (Lipinski definition) is 3. The molecule has 1 aliphatic heterocycles. The molecule has 0 aromatic heterocycles. The van der Waals surface area contributed by atoms with Gasteiger partial charge in [-0.15, -0.1) is 0 Å². The molecule has 1 aliphatic rings. The van der Waals surface area contributed by atoms with Gasteiger partial charge in [-0.3, -0.25) is 4.79 Å². The highest BCUT2D eigenvalue weighted by atomic mass is 16.5. The van der Waals surface area contributed by atoms with Gasteiger partial charge in [-0.2, -0.15) is 0 Å². The lowest BCUT2D eigenvalue weighted by molar-refractivity contribution is 0.101. The molecule has 0 fully saturated rings. The summed E-state index contributed by atoms with van der Waals surface area (Å²) in [5, 5.41) is 0. The number of allylic oxidation sites excluding steroid dienone is 1. The van der Waals surface area contributed by atoms with E-state index in [1.54, 1.807) is 31.4 Å². The number of hydrogen-bond donors (Lipinski definition) is 0. The van der Waals surface area contributed by atoms with Gasteiger partial charge in [-0.05, 0) is 35.3 Å². The average Bonchev–Trinajstić information content (AvgIpc) is 2.83. The van der Waals surface area contributed by atoms with Gasteiger partial charge in [0.15, 0.2) is 5.76 Å². The fourth-order valence-corrected chi connectivity index (χ4v) is 2.42. The third kappa shape index (κ3) is 2.62. The molecule has 0 radical (unpaired) electrons. The predicted octanol–water partition coefficient (Wildman–Crippen LogP) is 4.43. The van der Waals surface area contributed by atoms with Gasteiger partial charge in [-0.1, -0.05) is 38.1 Å². The molecule has 3 nitrogen and oxygen atoms in total. The Labute approximate surface area is 130 Å². The molecule has 0 unspecified atom stereocenters. The van der Waals surface area contributed by atoms with Crippen LogP contribution in [0.25, 0.3) is 6.08 Å². The van der Waals surface area contributed by atoms with Crippen LogP contribution in [0.4, 0.5) is 0 Å². The van der Waals surface area contributed by atoms with E-state index in [9.17, 15) is 4.79 Å². The first kappa shape index (κ1) is 14.4. The summed E-state index contributed by atoms with van der Waals surface area (Å²) in [5.41, 5.74) is 2.80. The van der Waals surface area contributed by atoms with Gasteiger partial charge in [0.2, 0.25) is 5.78 Å². The van der Waals surface area contributed by atoms with Crippen LogP contribution in [-0.2, 0) is 0 Å². The Balaban J connectivity index is 1.88. The van der Waals surface area contributed by atoms with Crippen LogP contribution < -0.4 is 9.47 Å². The van der Waals surface area contributed by atoms with E-state index < -0.39 is 0 Å². The Kier molecular flexibility index (Phi) is 3.72. The second kappa shape index (κ2) is 5.68. The Morgan fingerprint density at radius 3 is 2.45 bits per heavy atom.